The Hall–Kier alpha value is -1.03. The van der Waals surface area contributed by atoms with Gasteiger partial charge < -0.3 is 9.84 Å². The van der Waals surface area contributed by atoms with Crippen molar-refractivity contribution in [2.45, 2.75) is 51.4 Å². The first kappa shape index (κ1) is 15.9. The van der Waals surface area contributed by atoms with Crippen LogP contribution in [0.5, 0.6) is 5.75 Å². The summed E-state index contributed by atoms with van der Waals surface area (Å²) in [6.45, 7) is 4.20. The van der Waals surface area contributed by atoms with Gasteiger partial charge in [-0.1, -0.05) is 13.3 Å². The molecule has 0 saturated heterocycles. The summed E-state index contributed by atoms with van der Waals surface area (Å²) in [4.78, 5) is 11.9. The molecule has 1 saturated carbocycles. The summed E-state index contributed by atoms with van der Waals surface area (Å²) < 4.78 is 6.45. The zero-order chi connectivity index (χ0) is 16.1. The Kier molecular flexibility index (Phi) is 3.79. The van der Waals surface area contributed by atoms with Gasteiger partial charge in [0.25, 0.3) is 0 Å². The monoisotopic (exact) mass is 366 g/mol. The van der Waals surface area contributed by atoms with Crippen molar-refractivity contribution in [1.82, 2.24) is 0 Å². The average molecular weight is 367 g/mol. The summed E-state index contributed by atoms with van der Waals surface area (Å²) in [5, 5.41) is 9.81. The van der Waals surface area contributed by atoms with Crippen LogP contribution in [0, 0.1) is 11.3 Å². The van der Waals surface area contributed by atoms with Gasteiger partial charge in [0.1, 0.15) is 5.75 Å². The Morgan fingerprint density at radius 2 is 2.09 bits per heavy atom. The zero-order valence-electron chi connectivity index (χ0n) is 13.4. The van der Waals surface area contributed by atoms with E-state index < -0.39 is 11.4 Å². The van der Waals surface area contributed by atoms with Crippen LogP contribution in [0.25, 0.3) is 0 Å². The molecule has 22 heavy (non-hydrogen) atoms. The van der Waals surface area contributed by atoms with Crippen LogP contribution < -0.4 is 4.74 Å². The molecular formula is C18H23BrO3. The van der Waals surface area contributed by atoms with Gasteiger partial charge >= 0.3 is 5.97 Å². The highest BCUT2D eigenvalue weighted by molar-refractivity contribution is 9.10. The first-order chi connectivity index (χ1) is 10.3. The van der Waals surface area contributed by atoms with Crippen molar-refractivity contribution in [3.8, 4) is 5.75 Å². The van der Waals surface area contributed by atoms with Gasteiger partial charge in [0.05, 0.1) is 17.0 Å². The molecule has 3 rings (SSSR count). The standard InChI is InChI=1S/C18H23BrO3/c1-17-7-4-8-18(2,16(20)21)15(17)6-5-11-9-13(19)14(22-3)10-12(11)17/h9-10,15H,4-8H2,1-3H3,(H,20,21)/t15-,17-,18+/m1/s1. The van der Waals surface area contributed by atoms with Gasteiger partial charge in [0.2, 0.25) is 0 Å². The molecule has 0 radical (unpaired) electrons. The van der Waals surface area contributed by atoms with E-state index >= 15 is 0 Å². The summed E-state index contributed by atoms with van der Waals surface area (Å²) in [7, 11) is 1.68. The molecule has 0 amide bonds. The quantitative estimate of drug-likeness (QED) is 0.834. The smallest absolute Gasteiger partial charge is 0.309 e. The fourth-order valence-corrected chi connectivity index (χ4v) is 5.43. The second-order valence-electron chi connectivity index (χ2n) is 7.23. The third-order valence-corrected chi connectivity index (χ3v) is 6.73. The number of aliphatic carboxylic acids is 1. The minimum atomic E-state index is -0.643. The first-order valence-electron chi connectivity index (χ1n) is 7.93. The van der Waals surface area contributed by atoms with E-state index in [2.05, 4.69) is 35.0 Å². The number of methoxy groups -OCH3 is 1. The maximum Gasteiger partial charge on any atom is 0.309 e. The number of hydrogen-bond acceptors (Lipinski definition) is 2. The average Bonchev–Trinajstić information content (AvgIpc) is 2.46. The number of carbonyl (C=O) groups is 1. The van der Waals surface area contributed by atoms with Crippen molar-refractivity contribution in [3.63, 3.8) is 0 Å². The lowest BCUT2D eigenvalue weighted by molar-refractivity contribution is -0.157. The number of benzene rings is 1. The van der Waals surface area contributed by atoms with Gasteiger partial charge in [-0.05, 0) is 83.1 Å². The predicted molar refractivity (Wildman–Crippen MR) is 89.5 cm³/mol. The molecule has 0 aromatic heterocycles. The van der Waals surface area contributed by atoms with E-state index in [1.54, 1.807) is 7.11 Å². The van der Waals surface area contributed by atoms with E-state index in [1.807, 2.05) is 6.92 Å². The van der Waals surface area contributed by atoms with Crippen LogP contribution >= 0.6 is 15.9 Å². The van der Waals surface area contributed by atoms with Crippen LogP contribution in [-0.2, 0) is 16.6 Å². The molecule has 3 atom stereocenters. The molecule has 120 valence electrons. The minimum Gasteiger partial charge on any atom is -0.496 e. The van der Waals surface area contributed by atoms with Gasteiger partial charge in [-0.15, -0.1) is 0 Å². The molecule has 0 heterocycles. The number of aryl methyl sites for hydroxylation is 1. The maximum absolute atomic E-state index is 11.9. The lowest BCUT2D eigenvalue weighted by atomic mass is 9.50. The third-order valence-electron chi connectivity index (χ3n) is 6.11. The highest BCUT2D eigenvalue weighted by atomic mass is 79.9. The first-order valence-corrected chi connectivity index (χ1v) is 8.72. The lowest BCUT2D eigenvalue weighted by Crippen LogP contribution is -2.52. The molecule has 1 aromatic rings. The Bertz CT molecular complexity index is 627. The van der Waals surface area contributed by atoms with Crippen molar-refractivity contribution < 1.29 is 14.6 Å². The van der Waals surface area contributed by atoms with Gasteiger partial charge in [0, 0.05) is 0 Å². The van der Waals surface area contributed by atoms with Gasteiger partial charge in [-0.25, -0.2) is 0 Å². The second-order valence-corrected chi connectivity index (χ2v) is 8.08. The molecule has 0 aliphatic heterocycles. The van der Waals surface area contributed by atoms with Gasteiger partial charge in [-0.3, -0.25) is 4.79 Å². The topological polar surface area (TPSA) is 46.5 Å². The summed E-state index contributed by atoms with van der Waals surface area (Å²) in [5.41, 5.74) is 1.93. The molecule has 1 N–H and O–H groups in total. The van der Waals surface area contributed by atoms with Gasteiger partial charge in [-0.2, -0.15) is 0 Å². The number of carboxylic acid groups (broad SMARTS) is 1. The molecule has 3 nitrogen and oxygen atoms in total. The molecular weight excluding hydrogens is 344 g/mol. The summed E-state index contributed by atoms with van der Waals surface area (Å²) in [6.07, 6.45) is 4.70. The van der Waals surface area contributed by atoms with Crippen molar-refractivity contribution in [2.75, 3.05) is 7.11 Å². The summed E-state index contributed by atoms with van der Waals surface area (Å²) >= 11 is 3.57. The number of rotatable bonds is 2. The number of fused-ring (bicyclic) bond motifs is 3. The van der Waals surface area contributed by atoms with Crippen LogP contribution in [0.15, 0.2) is 16.6 Å². The fourth-order valence-electron chi connectivity index (χ4n) is 4.88. The van der Waals surface area contributed by atoms with Crippen LogP contribution in [0.1, 0.15) is 50.7 Å². The highest BCUT2D eigenvalue weighted by Crippen LogP contribution is 2.58. The van der Waals surface area contributed by atoms with Crippen LogP contribution in [-0.4, -0.2) is 18.2 Å². The van der Waals surface area contributed by atoms with E-state index in [1.165, 1.54) is 11.1 Å². The highest BCUT2D eigenvalue weighted by Gasteiger charge is 2.55. The van der Waals surface area contributed by atoms with E-state index in [4.69, 9.17) is 4.74 Å². The molecule has 0 unspecified atom stereocenters. The van der Waals surface area contributed by atoms with Crippen LogP contribution in [0.3, 0.4) is 0 Å². The Balaban J connectivity index is 2.14. The third kappa shape index (κ3) is 2.10. The largest absolute Gasteiger partial charge is 0.496 e. The van der Waals surface area contributed by atoms with Crippen LogP contribution in [0.4, 0.5) is 0 Å². The van der Waals surface area contributed by atoms with E-state index in [0.717, 1.165) is 42.3 Å². The van der Waals surface area contributed by atoms with Crippen molar-refractivity contribution in [1.29, 1.82) is 0 Å². The molecule has 2 aliphatic rings. The van der Waals surface area contributed by atoms with E-state index in [9.17, 15) is 9.90 Å². The Labute approximate surface area is 140 Å². The van der Waals surface area contributed by atoms with Crippen molar-refractivity contribution in [2.24, 2.45) is 11.3 Å². The Morgan fingerprint density at radius 1 is 1.36 bits per heavy atom. The molecule has 4 heteroatoms. The molecule has 2 aliphatic carbocycles. The molecule has 1 aromatic carbocycles. The number of halogens is 1. The van der Waals surface area contributed by atoms with Crippen LogP contribution in [0.2, 0.25) is 0 Å². The lowest BCUT2D eigenvalue weighted by Gasteiger charge is -2.53. The number of hydrogen-bond donors (Lipinski definition) is 1. The fraction of sp³-hybridized carbons (Fsp3) is 0.611. The van der Waals surface area contributed by atoms with Gasteiger partial charge in [0.15, 0.2) is 0 Å². The summed E-state index contributed by atoms with van der Waals surface area (Å²) in [5.74, 6) is 0.379. The molecule has 0 bridgehead atoms. The number of carboxylic acids is 1. The SMILES string of the molecule is COc1cc2c(cc1Br)CC[C@H]1[C@@](C)(C(=O)O)CCC[C@]21C. The van der Waals surface area contributed by atoms with E-state index in [-0.39, 0.29) is 11.3 Å². The Morgan fingerprint density at radius 3 is 2.73 bits per heavy atom. The maximum atomic E-state index is 11.9. The molecule has 0 spiro atoms. The second kappa shape index (κ2) is 5.26. The van der Waals surface area contributed by atoms with Crippen molar-refractivity contribution >= 4 is 21.9 Å². The zero-order valence-corrected chi connectivity index (χ0v) is 15.0. The van der Waals surface area contributed by atoms with Crippen molar-refractivity contribution in [3.05, 3.63) is 27.7 Å². The summed E-state index contributed by atoms with van der Waals surface area (Å²) in [6, 6.07) is 4.28. The minimum absolute atomic E-state index is 0.0764. The van der Waals surface area contributed by atoms with E-state index in [0.29, 0.717) is 0 Å². The predicted octanol–water partition coefficient (Wildman–Crippen LogP) is 4.55. The normalized spacial score (nSPS) is 33.7. The molecule has 1 fully saturated rings. The number of ether oxygens (including phenoxy) is 1.